The molecular formula is C16H12BrN3O2S2. The average Bonchev–Trinajstić information content (AvgIpc) is 3.22. The molecular weight excluding hydrogens is 410 g/mol. The molecule has 3 aromatic rings. The van der Waals surface area contributed by atoms with E-state index in [-0.39, 0.29) is 11.6 Å². The standard InChI is InChI=1S/C16H12BrN3O2S2/c1-9-2-4-10(5-3-9)16-18-11(8-23-16)14(21)19-20-15(22)12-6-7-13(17)24-12/h2-8H,1H3,(H,19,21)(H,20,22). The van der Waals surface area contributed by atoms with E-state index in [9.17, 15) is 9.59 Å². The van der Waals surface area contributed by atoms with Crippen molar-refractivity contribution >= 4 is 50.4 Å². The predicted octanol–water partition coefficient (Wildman–Crippen LogP) is 4.02. The molecule has 0 spiro atoms. The summed E-state index contributed by atoms with van der Waals surface area (Å²) in [6, 6.07) is 11.4. The van der Waals surface area contributed by atoms with Crippen LogP contribution in [0.3, 0.4) is 0 Å². The summed E-state index contributed by atoms with van der Waals surface area (Å²) in [5.41, 5.74) is 7.15. The van der Waals surface area contributed by atoms with Gasteiger partial charge in [0.2, 0.25) is 0 Å². The van der Waals surface area contributed by atoms with Crippen LogP contribution in [0.25, 0.3) is 10.6 Å². The molecule has 0 radical (unpaired) electrons. The van der Waals surface area contributed by atoms with E-state index in [2.05, 4.69) is 31.8 Å². The van der Waals surface area contributed by atoms with Gasteiger partial charge in [0, 0.05) is 10.9 Å². The van der Waals surface area contributed by atoms with Crippen LogP contribution in [-0.4, -0.2) is 16.8 Å². The molecule has 122 valence electrons. The van der Waals surface area contributed by atoms with Crippen molar-refractivity contribution in [1.82, 2.24) is 15.8 Å². The van der Waals surface area contributed by atoms with Crippen LogP contribution in [0.15, 0.2) is 45.6 Å². The zero-order valence-corrected chi connectivity index (χ0v) is 15.7. The first kappa shape index (κ1) is 16.8. The van der Waals surface area contributed by atoms with Crippen LogP contribution < -0.4 is 10.9 Å². The summed E-state index contributed by atoms with van der Waals surface area (Å²) in [5.74, 6) is -0.818. The first-order valence-corrected chi connectivity index (χ1v) is 9.40. The maximum absolute atomic E-state index is 12.1. The molecule has 1 aromatic carbocycles. The number of carbonyl (C=O) groups excluding carboxylic acids is 2. The van der Waals surface area contributed by atoms with Gasteiger partial charge in [0.25, 0.3) is 11.8 Å². The van der Waals surface area contributed by atoms with Crippen LogP contribution in [0.1, 0.15) is 25.7 Å². The topological polar surface area (TPSA) is 71.1 Å². The summed E-state index contributed by atoms with van der Waals surface area (Å²) in [6.45, 7) is 2.01. The Morgan fingerprint density at radius 3 is 2.42 bits per heavy atom. The van der Waals surface area contributed by atoms with Crippen molar-refractivity contribution < 1.29 is 9.59 Å². The number of hydrazine groups is 1. The van der Waals surface area contributed by atoms with Gasteiger partial charge in [-0.05, 0) is 35.0 Å². The fourth-order valence-electron chi connectivity index (χ4n) is 1.88. The molecule has 0 saturated carbocycles. The number of rotatable bonds is 3. The molecule has 2 heterocycles. The highest BCUT2D eigenvalue weighted by molar-refractivity contribution is 9.11. The van der Waals surface area contributed by atoms with E-state index in [1.54, 1.807) is 17.5 Å². The maximum atomic E-state index is 12.1. The third-order valence-electron chi connectivity index (χ3n) is 3.12. The molecule has 0 bridgehead atoms. The number of amides is 2. The van der Waals surface area contributed by atoms with E-state index in [4.69, 9.17) is 0 Å². The molecule has 0 aliphatic carbocycles. The number of carbonyl (C=O) groups is 2. The smallest absolute Gasteiger partial charge is 0.266 e. The highest BCUT2D eigenvalue weighted by Gasteiger charge is 2.14. The number of aromatic nitrogens is 1. The Labute approximate surface area is 154 Å². The molecule has 2 N–H and O–H groups in total. The number of nitrogens with one attached hydrogen (secondary N) is 2. The van der Waals surface area contributed by atoms with Crippen LogP contribution in [0, 0.1) is 6.92 Å². The monoisotopic (exact) mass is 421 g/mol. The van der Waals surface area contributed by atoms with Gasteiger partial charge in [0.15, 0.2) is 0 Å². The van der Waals surface area contributed by atoms with Crippen LogP contribution in [0.5, 0.6) is 0 Å². The summed E-state index contributed by atoms with van der Waals surface area (Å²) >= 11 is 5.96. The fourth-order valence-corrected chi connectivity index (χ4v) is 3.97. The lowest BCUT2D eigenvalue weighted by atomic mass is 10.2. The van der Waals surface area contributed by atoms with Crippen molar-refractivity contribution in [1.29, 1.82) is 0 Å². The number of hydrogen-bond acceptors (Lipinski definition) is 5. The van der Waals surface area contributed by atoms with Crippen molar-refractivity contribution in [2.45, 2.75) is 6.92 Å². The van der Waals surface area contributed by atoms with Gasteiger partial charge in [-0.3, -0.25) is 20.4 Å². The predicted molar refractivity (Wildman–Crippen MR) is 99.2 cm³/mol. The van der Waals surface area contributed by atoms with Crippen LogP contribution in [0.2, 0.25) is 0 Å². The molecule has 3 rings (SSSR count). The molecule has 24 heavy (non-hydrogen) atoms. The van der Waals surface area contributed by atoms with Crippen molar-refractivity contribution in [3.63, 3.8) is 0 Å². The second-order valence-corrected chi connectivity index (χ2v) is 8.24. The summed E-state index contributed by atoms with van der Waals surface area (Å²) in [6.07, 6.45) is 0. The Balaban J connectivity index is 1.63. The zero-order valence-electron chi connectivity index (χ0n) is 12.5. The lowest BCUT2D eigenvalue weighted by Crippen LogP contribution is -2.41. The number of thiophene rings is 1. The van der Waals surface area contributed by atoms with E-state index in [0.717, 1.165) is 19.9 Å². The molecule has 0 aliphatic rings. The Morgan fingerprint density at radius 1 is 1.04 bits per heavy atom. The van der Waals surface area contributed by atoms with E-state index in [0.29, 0.717) is 4.88 Å². The molecule has 0 unspecified atom stereocenters. The minimum Gasteiger partial charge on any atom is -0.266 e. The SMILES string of the molecule is Cc1ccc(-c2nc(C(=O)NNC(=O)c3ccc(Br)s3)cs2)cc1. The highest BCUT2D eigenvalue weighted by Crippen LogP contribution is 2.24. The average molecular weight is 422 g/mol. The molecule has 0 aliphatic heterocycles. The van der Waals surface area contributed by atoms with Gasteiger partial charge in [0.1, 0.15) is 10.7 Å². The van der Waals surface area contributed by atoms with Crippen molar-refractivity contribution in [2.24, 2.45) is 0 Å². The van der Waals surface area contributed by atoms with Gasteiger partial charge in [-0.1, -0.05) is 29.8 Å². The first-order valence-electron chi connectivity index (χ1n) is 6.91. The number of aryl methyl sites for hydroxylation is 1. The second-order valence-electron chi connectivity index (χ2n) is 4.92. The molecule has 8 heteroatoms. The minimum atomic E-state index is -0.450. The quantitative estimate of drug-likeness (QED) is 0.627. The third-order valence-corrected chi connectivity index (χ3v) is 5.64. The van der Waals surface area contributed by atoms with Gasteiger partial charge in [0.05, 0.1) is 8.66 Å². The Hall–Kier alpha value is -2.03. The normalized spacial score (nSPS) is 10.4. The van der Waals surface area contributed by atoms with Gasteiger partial charge in [-0.2, -0.15) is 0 Å². The van der Waals surface area contributed by atoms with E-state index >= 15 is 0 Å². The summed E-state index contributed by atoms with van der Waals surface area (Å²) in [5, 5.41) is 2.42. The van der Waals surface area contributed by atoms with Crippen molar-refractivity contribution in [2.75, 3.05) is 0 Å². The van der Waals surface area contributed by atoms with Crippen molar-refractivity contribution in [3.05, 3.63) is 61.7 Å². The Kier molecular flexibility index (Phi) is 5.08. The van der Waals surface area contributed by atoms with E-state index in [1.807, 2.05) is 31.2 Å². The van der Waals surface area contributed by atoms with Gasteiger partial charge in [-0.15, -0.1) is 22.7 Å². The maximum Gasteiger partial charge on any atom is 0.289 e. The summed E-state index contributed by atoms with van der Waals surface area (Å²) < 4.78 is 0.848. The number of hydrogen-bond donors (Lipinski definition) is 2. The van der Waals surface area contributed by atoms with Crippen LogP contribution in [0.4, 0.5) is 0 Å². The number of halogens is 1. The lowest BCUT2D eigenvalue weighted by Gasteiger charge is -2.04. The van der Waals surface area contributed by atoms with Gasteiger partial charge < -0.3 is 0 Å². The van der Waals surface area contributed by atoms with Crippen molar-refractivity contribution in [3.8, 4) is 10.6 Å². The Morgan fingerprint density at radius 2 is 1.75 bits per heavy atom. The fraction of sp³-hybridized carbons (Fsp3) is 0.0625. The molecule has 5 nitrogen and oxygen atoms in total. The van der Waals surface area contributed by atoms with Gasteiger partial charge in [-0.25, -0.2) is 4.98 Å². The first-order chi connectivity index (χ1) is 11.5. The molecule has 2 aromatic heterocycles. The lowest BCUT2D eigenvalue weighted by molar-refractivity contribution is 0.0846. The van der Waals surface area contributed by atoms with E-state index < -0.39 is 5.91 Å². The summed E-state index contributed by atoms with van der Waals surface area (Å²) in [4.78, 5) is 28.8. The molecule has 0 fully saturated rings. The molecule has 0 atom stereocenters. The van der Waals surface area contributed by atoms with Crippen LogP contribution in [-0.2, 0) is 0 Å². The van der Waals surface area contributed by atoms with E-state index in [1.165, 1.54) is 22.7 Å². The molecule has 0 saturated heterocycles. The number of nitrogens with zero attached hydrogens (tertiary/aromatic N) is 1. The number of thiazole rings is 1. The minimum absolute atomic E-state index is 0.267. The van der Waals surface area contributed by atoms with Gasteiger partial charge >= 0.3 is 0 Å². The van der Waals surface area contributed by atoms with Crippen LogP contribution >= 0.6 is 38.6 Å². The number of benzene rings is 1. The largest absolute Gasteiger partial charge is 0.289 e. The third kappa shape index (κ3) is 3.89. The summed E-state index contributed by atoms with van der Waals surface area (Å²) in [7, 11) is 0. The Bertz CT molecular complexity index is 887. The second kappa shape index (κ2) is 7.25. The molecule has 2 amide bonds. The highest BCUT2D eigenvalue weighted by atomic mass is 79.9. The zero-order chi connectivity index (χ0) is 17.1.